The Morgan fingerprint density at radius 1 is 1.47 bits per heavy atom. The number of rotatable bonds is 3. The maximum atomic E-state index is 9.90. The summed E-state index contributed by atoms with van der Waals surface area (Å²) in [5.41, 5.74) is 1.18. The van der Waals surface area contributed by atoms with Gasteiger partial charge in [0.1, 0.15) is 0 Å². The first-order valence-corrected chi connectivity index (χ1v) is 5.67. The van der Waals surface area contributed by atoms with Crippen LogP contribution in [0.1, 0.15) is 31.2 Å². The Balaban J connectivity index is 1.91. The van der Waals surface area contributed by atoms with Gasteiger partial charge in [0, 0.05) is 18.2 Å². The highest BCUT2D eigenvalue weighted by atomic mass is 16.3. The molecule has 15 heavy (non-hydrogen) atoms. The van der Waals surface area contributed by atoms with Crippen molar-refractivity contribution in [1.29, 1.82) is 0 Å². The van der Waals surface area contributed by atoms with Crippen molar-refractivity contribution < 1.29 is 9.52 Å². The van der Waals surface area contributed by atoms with Crippen molar-refractivity contribution in [2.45, 2.75) is 44.4 Å². The molecule has 2 atom stereocenters. The van der Waals surface area contributed by atoms with Crippen LogP contribution in [-0.4, -0.2) is 29.2 Å². The second-order valence-corrected chi connectivity index (χ2v) is 4.47. The van der Waals surface area contributed by atoms with Crippen LogP contribution in [0.25, 0.3) is 0 Å². The van der Waals surface area contributed by atoms with E-state index in [1.54, 1.807) is 12.5 Å². The fraction of sp³-hybridized carbons (Fsp3) is 0.667. The Bertz CT molecular complexity index is 284. The lowest BCUT2D eigenvalue weighted by molar-refractivity contribution is 0.0288. The molecule has 1 aliphatic rings. The van der Waals surface area contributed by atoms with Crippen LogP contribution in [0.5, 0.6) is 0 Å². The van der Waals surface area contributed by atoms with E-state index in [-0.39, 0.29) is 6.10 Å². The van der Waals surface area contributed by atoms with Crippen LogP contribution in [-0.2, 0) is 6.54 Å². The van der Waals surface area contributed by atoms with E-state index in [2.05, 4.69) is 11.9 Å². The molecule has 0 amide bonds. The molecule has 2 unspecified atom stereocenters. The molecule has 3 nitrogen and oxygen atoms in total. The monoisotopic (exact) mass is 209 g/mol. The summed E-state index contributed by atoms with van der Waals surface area (Å²) < 4.78 is 5.04. The summed E-state index contributed by atoms with van der Waals surface area (Å²) in [6.45, 7) is 0.859. The molecule has 0 spiro atoms. The fourth-order valence-corrected chi connectivity index (χ4v) is 2.39. The van der Waals surface area contributed by atoms with Gasteiger partial charge in [-0.3, -0.25) is 4.90 Å². The Hall–Kier alpha value is -0.800. The molecule has 84 valence electrons. The van der Waals surface area contributed by atoms with Gasteiger partial charge in [0.25, 0.3) is 0 Å². The lowest BCUT2D eigenvalue weighted by Gasteiger charge is -2.34. The minimum absolute atomic E-state index is 0.157. The summed E-state index contributed by atoms with van der Waals surface area (Å²) in [4.78, 5) is 2.23. The highest BCUT2D eigenvalue weighted by Gasteiger charge is 2.26. The van der Waals surface area contributed by atoms with Gasteiger partial charge in [-0.2, -0.15) is 0 Å². The smallest absolute Gasteiger partial charge is 0.0947 e. The van der Waals surface area contributed by atoms with Gasteiger partial charge in [-0.25, -0.2) is 0 Å². The Kier molecular flexibility index (Phi) is 3.44. The summed E-state index contributed by atoms with van der Waals surface area (Å²) in [6, 6.07) is 2.29. The van der Waals surface area contributed by atoms with E-state index in [1.165, 1.54) is 12.0 Å². The van der Waals surface area contributed by atoms with Crippen LogP contribution >= 0.6 is 0 Å². The van der Waals surface area contributed by atoms with E-state index in [4.69, 9.17) is 4.42 Å². The zero-order valence-electron chi connectivity index (χ0n) is 9.22. The largest absolute Gasteiger partial charge is 0.472 e. The molecular weight excluding hydrogens is 190 g/mol. The number of aliphatic hydroxyl groups excluding tert-OH is 1. The molecule has 3 heteroatoms. The maximum Gasteiger partial charge on any atom is 0.0947 e. The summed E-state index contributed by atoms with van der Waals surface area (Å²) in [5, 5.41) is 9.90. The molecule has 0 aliphatic heterocycles. The standard InChI is InChI=1S/C12H19NO2/c1-13(8-10-6-7-15-9-10)11-4-2-3-5-12(11)14/h6-7,9,11-12,14H,2-5,8H2,1H3. The van der Waals surface area contributed by atoms with Crippen LogP contribution in [0.3, 0.4) is 0 Å². The molecule has 2 rings (SSSR count). The van der Waals surface area contributed by atoms with Crippen LogP contribution in [0.4, 0.5) is 0 Å². The molecule has 1 fully saturated rings. The first-order valence-electron chi connectivity index (χ1n) is 5.67. The number of furan rings is 1. The van der Waals surface area contributed by atoms with Crippen molar-refractivity contribution in [2.75, 3.05) is 7.05 Å². The highest BCUT2D eigenvalue weighted by Crippen LogP contribution is 2.23. The number of nitrogens with zero attached hydrogens (tertiary/aromatic N) is 1. The van der Waals surface area contributed by atoms with Gasteiger partial charge in [-0.1, -0.05) is 12.8 Å². The second-order valence-electron chi connectivity index (χ2n) is 4.47. The third-order valence-electron chi connectivity index (χ3n) is 3.27. The van der Waals surface area contributed by atoms with Crippen LogP contribution in [0, 0.1) is 0 Å². The molecule has 1 aliphatic carbocycles. The van der Waals surface area contributed by atoms with Crippen LogP contribution in [0.2, 0.25) is 0 Å². The van der Waals surface area contributed by atoms with E-state index < -0.39 is 0 Å². The van der Waals surface area contributed by atoms with Crippen molar-refractivity contribution in [1.82, 2.24) is 4.90 Å². The van der Waals surface area contributed by atoms with E-state index in [0.29, 0.717) is 6.04 Å². The van der Waals surface area contributed by atoms with Gasteiger partial charge in [0.15, 0.2) is 0 Å². The second kappa shape index (κ2) is 4.81. The van der Waals surface area contributed by atoms with Gasteiger partial charge < -0.3 is 9.52 Å². The molecule has 1 aromatic heterocycles. The van der Waals surface area contributed by atoms with Crippen molar-refractivity contribution in [3.8, 4) is 0 Å². The Morgan fingerprint density at radius 3 is 2.93 bits per heavy atom. The minimum atomic E-state index is -0.157. The van der Waals surface area contributed by atoms with Gasteiger partial charge in [0.05, 0.1) is 18.6 Å². The quantitative estimate of drug-likeness (QED) is 0.827. The zero-order valence-corrected chi connectivity index (χ0v) is 9.22. The van der Waals surface area contributed by atoms with Crippen LogP contribution < -0.4 is 0 Å². The number of hydrogen-bond acceptors (Lipinski definition) is 3. The lowest BCUT2D eigenvalue weighted by Crippen LogP contribution is -2.42. The molecule has 1 saturated carbocycles. The topological polar surface area (TPSA) is 36.6 Å². The van der Waals surface area contributed by atoms with Crippen molar-refractivity contribution in [3.63, 3.8) is 0 Å². The van der Waals surface area contributed by atoms with Crippen molar-refractivity contribution >= 4 is 0 Å². The molecule has 1 aromatic rings. The third-order valence-corrected chi connectivity index (χ3v) is 3.27. The fourth-order valence-electron chi connectivity index (χ4n) is 2.39. The number of aliphatic hydroxyl groups is 1. The summed E-state index contributed by atoms with van der Waals surface area (Å²) >= 11 is 0. The molecule has 1 N–H and O–H groups in total. The van der Waals surface area contributed by atoms with Gasteiger partial charge in [-0.15, -0.1) is 0 Å². The summed E-state index contributed by atoms with van der Waals surface area (Å²) in [5.74, 6) is 0. The molecule has 1 heterocycles. The Morgan fingerprint density at radius 2 is 2.27 bits per heavy atom. The molecule has 0 bridgehead atoms. The van der Waals surface area contributed by atoms with E-state index in [9.17, 15) is 5.11 Å². The Labute approximate surface area is 90.7 Å². The maximum absolute atomic E-state index is 9.90. The van der Waals surface area contributed by atoms with Gasteiger partial charge >= 0.3 is 0 Å². The first-order chi connectivity index (χ1) is 7.27. The normalized spacial score (nSPS) is 27.1. The van der Waals surface area contributed by atoms with E-state index in [1.807, 2.05) is 6.07 Å². The average molecular weight is 209 g/mol. The lowest BCUT2D eigenvalue weighted by atomic mass is 9.91. The molecule has 0 saturated heterocycles. The predicted molar refractivity (Wildman–Crippen MR) is 58.4 cm³/mol. The summed E-state index contributed by atoms with van der Waals surface area (Å²) in [7, 11) is 2.08. The molecule has 0 radical (unpaired) electrons. The average Bonchev–Trinajstić information content (AvgIpc) is 2.71. The SMILES string of the molecule is CN(Cc1ccoc1)C1CCCCC1O. The third kappa shape index (κ3) is 2.61. The summed E-state index contributed by atoms with van der Waals surface area (Å²) in [6.07, 6.45) is 7.76. The number of hydrogen-bond donors (Lipinski definition) is 1. The van der Waals surface area contributed by atoms with E-state index in [0.717, 1.165) is 25.8 Å². The van der Waals surface area contributed by atoms with Crippen molar-refractivity contribution in [3.05, 3.63) is 24.2 Å². The minimum Gasteiger partial charge on any atom is -0.472 e. The molecule has 0 aromatic carbocycles. The van der Waals surface area contributed by atoms with Crippen LogP contribution in [0.15, 0.2) is 23.0 Å². The van der Waals surface area contributed by atoms with E-state index >= 15 is 0 Å². The van der Waals surface area contributed by atoms with Gasteiger partial charge in [0.2, 0.25) is 0 Å². The predicted octanol–water partition coefficient (Wildman–Crippen LogP) is 2.01. The number of likely N-dealkylation sites (N-methyl/N-ethyl adjacent to an activating group) is 1. The van der Waals surface area contributed by atoms with Gasteiger partial charge in [-0.05, 0) is 26.0 Å². The van der Waals surface area contributed by atoms with Crippen molar-refractivity contribution in [2.24, 2.45) is 0 Å². The molecular formula is C12H19NO2. The first kappa shape index (κ1) is 10.7. The zero-order chi connectivity index (χ0) is 10.7. The highest BCUT2D eigenvalue weighted by molar-refractivity contribution is 5.05.